The predicted molar refractivity (Wildman–Crippen MR) is 143 cm³/mol. The molecule has 1 unspecified atom stereocenters. The molecule has 5 rings (SSSR count). The number of benzene rings is 3. The lowest BCUT2D eigenvalue weighted by molar-refractivity contribution is -0.127. The molecule has 1 N–H and O–H groups in total. The fraction of sp³-hybridized carbons (Fsp3) is 0.258. The van der Waals surface area contributed by atoms with Gasteiger partial charge in [0.05, 0.1) is 17.9 Å². The van der Waals surface area contributed by atoms with E-state index in [1.165, 1.54) is 12.1 Å². The fourth-order valence-electron chi connectivity index (χ4n) is 4.90. The number of rotatable bonds is 8. The maximum Gasteiger partial charge on any atom is 0.224 e. The van der Waals surface area contributed by atoms with Crippen LogP contribution in [0.25, 0.3) is 11.1 Å². The summed E-state index contributed by atoms with van der Waals surface area (Å²) in [5.74, 6) is -0.187. The van der Waals surface area contributed by atoms with Gasteiger partial charge in [0.2, 0.25) is 5.91 Å². The van der Waals surface area contributed by atoms with Crippen molar-refractivity contribution in [2.45, 2.75) is 25.3 Å². The molecule has 1 saturated heterocycles. The van der Waals surface area contributed by atoms with Gasteiger partial charge in [-0.1, -0.05) is 66.7 Å². The molecule has 1 amide bonds. The molecule has 2 heterocycles. The molecule has 3 aromatic carbocycles. The maximum absolute atomic E-state index is 13.3. The van der Waals surface area contributed by atoms with Gasteiger partial charge < -0.3 is 10.2 Å². The lowest BCUT2D eigenvalue weighted by Crippen LogP contribution is -2.42. The van der Waals surface area contributed by atoms with Crippen LogP contribution in [-0.4, -0.2) is 40.4 Å². The highest BCUT2D eigenvalue weighted by atomic mass is 19.1. The number of halogens is 1. The van der Waals surface area contributed by atoms with Crippen LogP contribution in [0, 0.1) is 11.7 Å². The average molecular weight is 495 g/mol. The van der Waals surface area contributed by atoms with E-state index in [0.29, 0.717) is 0 Å². The Hall–Kier alpha value is -3.90. The molecule has 1 atom stereocenters. The largest absolute Gasteiger partial charge is 0.343 e. The van der Waals surface area contributed by atoms with E-state index in [1.54, 1.807) is 18.6 Å². The van der Waals surface area contributed by atoms with Crippen molar-refractivity contribution in [1.29, 1.82) is 0 Å². The van der Waals surface area contributed by atoms with E-state index in [9.17, 15) is 9.18 Å². The standard InChI is InChI=1S/C31H31FN4O/c32-28-12-6-23(7-13-28)14-19-36-20-15-27(16-21-36)31(37)35-30(29-22-33-17-18-34-29)26-10-8-25(9-11-26)24-4-2-1-3-5-24/h1-13,17-18,22,27,30H,14-16,19-21H2,(H,35,37). The SMILES string of the molecule is O=C(NC(c1ccc(-c2ccccc2)cc1)c1cnccn1)C1CCN(CCc2ccc(F)cc2)CC1. The molecule has 0 aliphatic carbocycles. The summed E-state index contributed by atoms with van der Waals surface area (Å²) in [6, 6.07) is 24.9. The van der Waals surface area contributed by atoms with Crippen LogP contribution in [0.2, 0.25) is 0 Å². The molecule has 6 heteroatoms. The van der Waals surface area contributed by atoms with Gasteiger partial charge in [-0.15, -0.1) is 0 Å². The van der Waals surface area contributed by atoms with Crippen LogP contribution >= 0.6 is 0 Å². The number of hydrogen-bond donors (Lipinski definition) is 1. The Balaban J connectivity index is 1.22. The summed E-state index contributed by atoms with van der Waals surface area (Å²) in [5, 5.41) is 3.26. The second-order valence-electron chi connectivity index (χ2n) is 9.55. The topological polar surface area (TPSA) is 58.1 Å². The van der Waals surface area contributed by atoms with Crippen molar-refractivity contribution < 1.29 is 9.18 Å². The quantitative estimate of drug-likeness (QED) is 0.354. The zero-order chi connectivity index (χ0) is 25.5. The summed E-state index contributed by atoms with van der Waals surface area (Å²) in [6.07, 6.45) is 7.53. The zero-order valence-electron chi connectivity index (χ0n) is 20.8. The second-order valence-corrected chi connectivity index (χ2v) is 9.55. The number of piperidine rings is 1. The van der Waals surface area contributed by atoms with Gasteiger partial charge in [0, 0.05) is 24.9 Å². The van der Waals surface area contributed by atoms with Crippen LogP contribution in [0.1, 0.15) is 35.7 Å². The first-order chi connectivity index (χ1) is 18.2. The molecule has 5 nitrogen and oxygen atoms in total. The molecule has 0 spiro atoms. The summed E-state index contributed by atoms with van der Waals surface area (Å²) < 4.78 is 13.1. The van der Waals surface area contributed by atoms with Gasteiger partial charge in [0.15, 0.2) is 0 Å². The summed E-state index contributed by atoms with van der Waals surface area (Å²) in [4.78, 5) is 24.5. The lowest BCUT2D eigenvalue weighted by atomic mass is 9.94. The predicted octanol–water partition coefficient (Wildman–Crippen LogP) is 5.44. The minimum absolute atomic E-state index is 0.0372. The summed E-state index contributed by atoms with van der Waals surface area (Å²) >= 11 is 0. The lowest BCUT2D eigenvalue weighted by Gasteiger charge is -2.32. The Morgan fingerprint density at radius 1 is 0.919 bits per heavy atom. The maximum atomic E-state index is 13.3. The van der Waals surface area contributed by atoms with Crippen molar-refractivity contribution in [1.82, 2.24) is 20.2 Å². The third kappa shape index (κ3) is 6.46. The molecule has 0 saturated carbocycles. The van der Waals surface area contributed by atoms with Crippen molar-refractivity contribution in [2.75, 3.05) is 19.6 Å². The van der Waals surface area contributed by atoms with Gasteiger partial charge in [0.1, 0.15) is 5.82 Å². The molecular weight excluding hydrogens is 463 g/mol. The summed E-state index contributed by atoms with van der Waals surface area (Å²) in [6.45, 7) is 2.66. The zero-order valence-corrected chi connectivity index (χ0v) is 20.8. The Kier molecular flexibility index (Phi) is 7.96. The first-order valence-electron chi connectivity index (χ1n) is 12.8. The van der Waals surface area contributed by atoms with Crippen molar-refractivity contribution in [3.05, 3.63) is 120 Å². The first kappa shape index (κ1) is 24.8. The molecule has 37 heavy (non-hydrogen) atoms. The van der Waals surface area contributed by atoms with E-state index in [0.717, 1.165) is 66.8 Å². The molecule has 4 aromatic rings. The third-order valence-corrected chi connectivity index (χ3v) is 7.10. The highest BCUT2D eigenvalue weighted by Gasteiger charge is 2.28. The van der Waals surface area contributed by atoms with Crippen molar-refractivity contribution in [3.8, 4) is 11.1 Å². The normalized spacial score (nSPS) is 15.3. The van der Waals surface area contributed by atoms with Gasteiger partial charge in [-0.2, -0.15) is 0 Å². The fourth-order valence-corrected chi connectivity index (χ4v) is 4.90. The van der Waals surface area contributed by atoms with Gasteiger partial charge in [-0.25, -0.2) is 4.39 Å². The smallest absolute Gasteiger partial charge is 0.224 e. The monoisotopic (exact) mass is 494 g/mol. The Morgan fingerprint density at radius 3 is 2.30 bits per heavy atom. The van der Waals surface area contributed by atoms with E-state index in [4.69, 9.17) is 0 Å². The van der Waals surface area contributed by atoms with Gasteiger partial charge in [0.25, 0.3) is 0 Å². The van der Waals surface area contributed by atoms with Crippen molar-refractivity contribution in [3.63, 3.8) is 0 Å². The number of likely N-dealkylation sites (tertiary alicyclic amines) is 1. The number of aromatic nitrogens is 2. The van der Waals surface area contributed by atoms with Crippen LogP contribution in [-0.2, 0) is 11.2 Å². The molecule has 1 aromatic heterocycles. The summed E-state index contributed by atoms with van der Waals surface area (Å²) in [7, 11) is 0. The van der Waals surface area contributed by atoms with Crippen LogP contribution < -0.4 is 5.32 Å². The molecule has 188 valence electrons. The minimum Gasteiger partial charge on any atom is -0.343 e. The average Bonchev–Trinajstić information content (AvgIpc) is 2.97. The first-order valence-corrected chi connectivity index (χ1v) is 12.8. The van der Waals surface area contributed by atoms with Gasteiger partial charge >= 0.3 is 0 Å². The third-order valence-electron chi connectivity index (χ3n) is 7.10. The molecular formula is C31H31FN4O. The number of carbonyl (C=O) groups is 1. The number of nitrogens with zero attached hydrogens (tertiary/aromatic N) is 3. The minimum atomic E-state index is -0.359. The number of hydrogen-bond acceptors (Lipinski definition) is 4. The summed E-state index contributed by atoms with van der Waals surface area (Å²) in [5.41, 5.74) is 5.11. The Labute approximate surface area is 217 Å². The molecule has 0 bridgehead atoms. The molecule has 1 fully saturated rings. The number of amides is 1. The van der Waals surface area contributed by atoms with Crippen molar-refractivity contribution in [2.24, 2.45) is 5.92 Å². The van der Waals surface area contributed by atoms with E-state index >= 15 is 0 Å². The van der Waals surface area contributed by atoms with E-state index < -0.39 is 0 Å². The Morgan fingerprint density at radius 2 is 1.62 bits per heavy atom. The molecule has 1 aliphatic heterocycles. The van der Waals surface area contributed by atoms with Crippen LogP contribution in [0.4, 0.5) is 4.39 Å². The Bertz CT molecular complexity index is 1270. The van der Waals surface area contributed by atoms with E-state index in [1.807, 2.05) is 30.3 Å². The second kappa shape index (κ2) is 11.9. The van der Waals surface area contributed by atoms with Gasteiger partial charge in [-0.05, 0) is 66.7 Å². The van der Waals surface area contributed by atoms with Crippen LogP contribution in [0.3, 0.4) is 0 Å². The number of nitrogens with one attached hydrogen (secondary N) is 1. The van der Waals surface area contributed by atoms with Crippen LogP contribution in [0.5, 0.6) is 0 Å². The number of carbonyl (C=O) groups excluding carboxylic acids is 1. The van der Waals surface area contributed by atoms with E-state index in [2.05, 4.69) is 56.6 Å². The van der Waals surface area contributed by atoms with Crippen LogP contribution in [0.15, 0.2) is 97.5 Å². The molecule has 1 aliphatic rings. The van der Waals surface area contributed by atoms with Gasteiger partial charge in [-0.3, -0.25) is 14.8 Å². The van der Waals surface area contributed by atoms with E-state index in [-0.39, 0.29) is 23.7 Å². The molecule has 0 radical (unpaired) electrons. The van der Waals surface area contributed by atoms with Crippen molar-refractivity contribution >= 4 is 5.91 Å². The highest BCUT2D eigenvalue weighted by Crippen LogP contribution is 2.26. The highest BCUT2D eigenvalue weighted by molar-refractivity contribution is 5.79.